The van der Waals surface area contributed by atoms with E-state index in [4.69, 9.17) is 9.26 Å². The number of carbonyl (C=O) groups is 1. The van der Waals surface area contributed by atoms with Crippen LogP contribution in [0.25, 0.3) is 17.0 Å². The van der Waals surface area contributed by atoms with E-state index in [-0.39, 0.29) is 17.7 Å². The molecule has 1 aliphatic heterocycles. The predicted molar refractivity (Wildman–Crippen MR) is 125 cm³/mol. The zero-order valence-corrected chi connectivity index (χ0v) is 18.5. The topological polar surface area (TPSA) is 80.5 Å². The first-order chi connectivity index (χ1) is 16.5. The molecule has 0 aliphatic carbocycles. The summed E-state index contributed by atoms with van der Waals surface area (Å²) in [5.41, 5.74) is 3.25. The Hall–Kier alpha value is -4.46. The summed E-state index contributed by atoms with van der Waals surface area (Å²) in [5, 5.41) is 7.13. The first kappa shape index (κ1) is 21.4. The lowest BCUT2D eigenvalue weighted by Gasteiger charge is -2.35. The van der Waals surface area contributed by atoms with Crippen LogP contribution < -0.4 is 15.0 Å². The molecular formula is C26H21FN4O3. The van der Waals surface area contributed by atoms with Crippen LogP contribution in [0, 0.1) is 5.82 Å². The standard InChI is InChI=1S/C26H21FN4O3/c1-16-22(25-29-24(30-34-25)18-10-6-11-19(27)14-18)23(17-8-4-3-5-9-17)28-26(32)31(16)20-12-7-13-21(15-20)33-2/h3-15,23H,1-2H3,(H,28,32). The number of ether oxygens (including phenoxy) is 1. The number of methoxy groups -OCH3 is 1. The maximum atomic E-state index is 13.7. The largest absolute Gasteiger partial charge is 0.497 e. The summed E-state index contributed by atoms with van der Waals surface area (Å²) < 4.78 is 24.7. The van der Waals surface area contributed by atoms with Crippen molar-refractivity contribution in [2.75, 3.05) is 12.0 Å². The van der Waals surface area contributed by atoms with Crippen molar-refractivity contribution in [3.05, 3.63) is 102 Å². The summed E-state index contributed by atoms with van der Waals surface area (Å²) in [7, 11) is 1.57. The van der Waals surface area contributed by atoms with E-state index >= 15 is 0 Å². The molecular weight excluding hydrogens is 435 g/mol. The minimum absolute atomic E-state index is 0.235. The summed E-state index contributed by atoms with van der Waals surface area (Å²) >= 11 is 0. The lowest BCUT2D eigenvalue weighted by molar-refractivity contribution is 0.244. The van der Waals surface area contributed by atoms with Gasteiger partial charge in [-0.3, -0.25) is 4.90 Å². The summed E-state index contributed by atoms with van der Waals surface area (Å²) in [6.07, 6.45) is 0. The molecule has 0 saturated carbocycles. The van der Waals surface area contributed by atoms with E-state index in [1.807, 2.05) is 49.4 Å². The molecule has 34 heavy (non-hydrogen) atoms. The highest BCUT2D eigenvalue weighted by Gasteiger charge is 2.36. The van der Waals surface area contributed by atoms with Crippen LogP contribution >= 0.6 is 0 Å². The van der Waals surface area contributed by atoms with Crippen LogP contribution in [0.15, 0.2) is 89.1 Å². The van der Waals surface area contributed by atoms with Crippen LogP contribution in [0.3, 0.4) is 0 Å². The van der Waals surface area contributed by atoms with Crippen molar-refractivity contribution >= 4 is 17.3 Å². The highest BCUT2D eigenvalue weighted by atomic mass is 19.1. The van der Waals surface area contributed by atoms with Crippen LogP contribution in [0.2, 0.25) is 0 Å². The Balaban J connectivity index is 1.66. The highest BCUT2D eigenvalue weighted by molar-refractivity contribution is 6.01. The maximum absolute atomic E-state index is 13.7. The predicted octanol–water partition coefficient (Wildman–Crippen LogP) is 5.59. The van der Waals surface area contributed by atoms with Crippen molar-refractivity contribution in [3.8, 4) is 17.1 Å². The number of benzene rings is 3. The van der Waals surface area contributed by atoms with Crippen LogP contribution in [0.4, 0.5) is 14.9 Å². The van der Waals surface area contributed by atoms with E-state index in [1.54, 1.807) is 36.3 Å². The number of hydrogen-bond donors (Lipinski definition) is 1. The van der Waals surface area contributed by atoms with Gasteiger partial charge >= 0.3 is 6.03 Å². The second kappa shape index (κ2) is 8.82. The maximum Gasteiger partial charge on any atom is 0.327 e. The Morgan fingerprint density at radius 3 is 2.59 bits per heavy atom. The van der Waals surface area contributed by atoms with Gasteiger partial charge in [-0.2, -0.15) is 4.98 Å². The fraction of sp³-hybridized carbons (Fsp3) is 0.115. The van der Waals surface area contributed by atoms with Gasteiger partial charge in [0.05, 0.1) is 24.4 Å². The molecule has 0 bridgehead atoms. The van der Waals surface area contributed by atoms with E-state index in [1.165, 1.54) is 12.1 Å². The number of urea groups is 1. The lowest BCUT2D eigenvalue weighted by atomic mass is 9.94. The van der Waals surface area contributed by atoms with Gasteiger partial charge in [0.1, 0.15) is 11.6 Å². The molecule has 1 atom stereocenters. The Bertz CT molecular complexity index is 1380. The van der Waals surface area contributed by atoms with Gasteiger partial charge in [0.15, 0.2) is 0 Å². The number of amides is 2. The van der Waals surface area contributed by atoms with E-state index in [0.717, 1.165) is 5.56 Å². The number of carbonyl (C=O) groups excluding carboxylic acids is 1. The second-order valence-electron chi connectivity index (χ2n) is 7.76. The van der Waals surface area contributed by atoms with E-state index in [9.17, 15) is 9.18 Å². The number of halogens is 1. The molecule has 1 aliphatic rings. The number of nitrogens with zero attached hydrogens (tertiary/aromatic N) is 3. The van der Waals surface area contributed by atoms with Gasteiger partial charge in [0, 0.05) is 17.3 Å². The van der Waals surface area contributed by atoms with Crippen LogP contribution in [-0.2, 0) is 0 Å². The molecule has 4 aromatic rings. The number of allylic oxidation sites excluding steroid dienone is 1. The fourth-order valence-corrected chi connectivity index (χ4v) is 4.05. The van der Waals surface area contributed by atoms with Gasteiger partial charge in [-0.25, -0.2) is 9.18 Å². The zero-order chi connectivity index (χ0) is 23.7. The molecule has 0 fully saturated rings. The first-order valence-electron chi connectivity index (χ1n) is 10.7. The van der Waals surface area contributed by atoms with E-state index < -0.39 is 11.9 Å². The summed E-state index contributed by atoms with van der Waals surface area (Å²) in [6, 6.07) is 21.9. The average molecular weight is 456 g/mol. The Kier molecular flexibility index (Phi) is 5.55. The number of hydrogen-bond acceptors (Lipinski definition) is 5. The second-order valence-corrected chi connectivity index (χ2v) is 7.76. The Morgan fingerprint density at radius 1 is 1.03 bits per heavy atom. The van der Waals surface area contributed by atoms with E-state index in [0.29, 0.717) is 28.3 Å². The SMILES string of the molecule is COc1cccc(N2C(=O)NC(c3ccccc3)C(c3nc(-c4cccc(F)c4)no3)=C2C)c1. The Morgan fingerprint density at radius 2 is 1.82 bits per heavy atom. The summed E-state index contributed by atoms with van der Waals surface area (Å²) in [5.74, 6) is 0.719. The summed E-state index contributed by atoms with van der Waals surface area (Å²) in [4.78, 5) is 19.4. The molecule has 3 aromatic carbocycles. The third-order valence-electron chi connectivity index (χ3n) is 5.67. The van der Waals surface area contributed by atoms with Crippen LogP contribution in [0.1, 0.15) is 24.4 Å². The van der Waals surface area contributed by atoms with Crippen molar-refractivity contribution in [3.63, 3.8) is 0 Å². The van der Waals surface area contributed by atoms with E-state index in [2.05, 4.69) is 15.5 Å². The molecule has 5 rings (SSSR count). The molecule has 0 spiro atoms. The molecule has 2 amide bonds. The summed E-state index contributed by atoms with van der Waals surface area (Å²) in [6.45, 7) is 1.83. The first-order valence-corrected chi connectivity index (χ1v) is 10.7. The Labute approximate surface area is 195 Å². The molecule has 0 saturated heterocycles. The quantitative estimate of drug-likeness (QED) is 0.424. The van der Waals surface area contributed by atoms with Crippen molar-refractivity contribution in [2.45, 2.75) is 13.0 Å². The van der Waals surface area contributed by atoms with Gasteiger partial charge in [0.2, 0.25) is 5.82 Å². The average Bonchev–Trinajstić information content (AvgIpc) is 3.34. The van der Waals surface area contributed by atoms with Crippen molar-refractivity contribution < 1.29 is 18.4 Å². The minimum Gasteiger partial charge on any atom is -0.497 e. The van der Waals surface area contributed by atoms with Crippen molar-refractivity contribution in [1.29, 1.82) is 0 Å². The van der Waals surface area contributed by atoms with Gasteiger partial charge in [-0.15, -0.1) is 0 Å². The van der Waals surface area contributed by atoms with Gasteiger partial charge in [-0.05, 0) is 36.8 Å². The minimum atomic E-state index is -0.517. The smallest absolute Gasteiger partial charge is 0.327 e. The molecule has 2 heterocycles. The molecule has 1 aromatic heterocycles. The van der Waals surface area contributed by atoms with Crippen molar-refractivity contribution in [1.82, 2.24) is 15.5 Å². The molecule has 0 radical (unpaired) electrons. The third kappa shape index (κ3) is 3.90. The molecule has 1 N–H and O–H groups in total. The zero-order valence-electron chi connectivity index (χ0n) is 18.5. The van der Waals surface area contributed by atoms with Crippen molar-refractivity contribution in [2.24, 2.45) is 0 Å². The van der Waals surface area contributed by atoms with Gasteiger partial charge < -0.3 is 14.6 Å². The number of anilines is 1. The molecule has 7 nitrogen and oxygen atoms in total. The van der Waals surface area contributed by atoms with Gasteiger partial charge in [-0.1, -0.05) is 53.7 Å². The highest BCUT2D eigenvalue weighted by Crippen LogP contribution is 2.39. The molecule has 1 unspecified atom stereocenters. The van der Waals surface area contributed by atoms with Crippen LogP contribution in [-0.4, -0.2) is 23.3 Å². The molecule has 170 valence electrons. The number of aromatic nitrogens is 2. The number of nitrogens with one attached hydrogen (secondary N) is 1. The molecule has 8 heteroatoms. The fourth-order valence-electron chi connectivity index (χ4n) is 4.05. The monoisotopic (exact) mass is 456 g/mol. The number of rotatable bonds is 5. The normalized spacial score (nSPS) is 15.9. The van der Waals surface area contributed by atoms with Crippen LogP contribution in [0.5, 0.6) is 5.75 Å². The lowest BCUT2D eigenvalue weighted by Crippen LogP contribution is -2.46. The van der Waals surface area contributed by atoms with Gasteiger partial charge in [0.25, 0.3) is 5.89 Å². The third-order valence-corrected chi connectivity index (χ3v) is 5.67.